The first-order chi connectivity index (χ1) is 13.5. The van der Waals surface area contributed by atoms with Gasteiger partial charge in [-0.05, 0) is 30.2 Å². The number of H-pyrrole nitrogens is 1. The maximum absolute atomic E-state index is 12.7. The van der Waals surface area contributed by atoms with Crippen molar-refractivity contribution in [3.63, 3.8) is 0 Å². The zero-order valence-electron chi connectivity index (χ0n) is 15.2. The highest BCUT2D eigenvalue weighted by Gasteiger charge is 2.25. The van der Waals surface area contributed by atoms with E-state index in [2.05, 4.69) is 31.2 Å². The molecule has 3 rings (SSSR count). The van der Waals surface area contributed by atoms with Crippen LogP contribution in [0.2, 0.25) is 0 Å². The molecule has 3 N–H and O–H groups in total. The first kappa shape index (κ1) is 19.8. The van der Waals surface area contributed by atoms with Crippen LogP contribution in [0.1, 0.15) is 42.0 Å². The van der Waals surface area contributed by atoms with Gasteiger partial charge in [0.1, 0.15) is 0 Å². The number of aromatic amines is 1. The third kappa shape index (κ3) is 4.67. The largest absolute Gasteiger partial charge is 0.493 e. The summed E-state index contributed by atoms with van der Waals surface area (Å²) in [6.07, 6.45) is 1.14. The molecule has 0 bridgehead atoms. The fraction of sp³-hybridized carbons (Fsp3) is 0.190. The van der Waals surface area contributed by atoms with E-state index in [1.807, 2.05) is 61.5 Å². The van der Waals surface area contributed by atoms with E-state index >= 15 is 0 Å². The molecule has 0 radical (unpaired) electrons. The van der Waals surface area contributed by atoms with Crippen molar-refractivity contribution in [2.45, 2.75) is 25.3 Å². The standard InChI is InChI=1S/C21H20BrN3O3/c1-13(14-5-3-2-4-6-14)25-18(26)11-17(15-7-9-16(22)10-8-15)19-20(27)23-12-24-21(19)28/h2-10,12-13,17H,11H2,1H3,(H,25,26)(H2,23,24,27,28)/t13-,17+/m1/s1. The number of aromatic hydroxyl groups is 1. The molecule has 0 unspecified atom stereocenters. The van der Waals surface area contributed by atoms with Crippen LogP contribution in [0.5, 0.6) is 5.88 Å². The number of nitrogens with one attached hydrogen (secondary N) is 2. The van der Waals surface area contributed by atoms with E-state index in [0.717, 1.165) is 21.9 Å². The number of nitrogens with zero attached hydrogens (tertiary/aromatic N) is 1. The Morgan fingerprint density at radius 1 is 1.14 bits per heavy atom. The van der Waals surface area contributed by atoms with E-state index in [-0.39, 0.29) is 29.8 Å². The molecule has 28 heavy (non-hydrogen) atoms. The SMILES string of the molecule is C[C@@H](NC(=O)C[C@@H](c1ccc(Br)cc1)c1c(O)nc[nH]c1=O)c1ccccc1. The monoisotopic (exact) mass is 441 g/mol. The summed E-state index contributed by atoms with van der Waals surface area (Å²) in [4.78, 5) is 31.3. The highest BCUT2D eigenvalue weighted by molar-refractivity contribution is 9.10. The van der Waals surface area contributed by atoms with Crippen LogP contribution < -0.4 is 10.9 Å². The Kier molecular flexibility index (Phi) is 6.26. The Balaban J connectivity index is 1.88. The third-order valence-electron chi connectivity index (χ3n) is 4.56. The second-order valence-electron chi connectivity index (χ2n) is 6.48. The summed E-state index contributed by atoms with van der Waals surface area (Å²) in [6.45, 7) is 1.90. The van der Waals surface area contributed by atoms with Crippen molar-refractivity contribution in [1.82, 2.24) is 15.3 Å². The van der Waals surface area contributed by atoms with Gasteiger partial charge in [-0.25, -0.2) is 4.98 Å². The van der Waals surface area contributed by atoms with Gasteiger partial charge in [0.25, 0.3) is 5.56 Å². The summed E-state index contributed by atoms with van der Waals surface area (Å²) in [7, 11) is 0. The van der Waals surface area contributed by atoms with E-state index in [4.69, 9.17) is 0 Å². The second-order valence-corrected chi connectivity index (χ2v) is 7.39. The Morgan fingerprint density at radius 2 is 1.82 bits per heavy atom. The molecule has 0 aliphatic heterocycles. The van der Waals surface area contributed by atoms with Crippen LogP contribution in [0.4, 0.5) is 0 Å². The first-order valence-corrected chi connectivity index (χ1v) is 9.61. The van der Waals surface area contributed by atoms with Gasteiger partial charge in [-0.1, -0.05) is 58.4 Å². The highest BCUT2D eigenvalue weighted by atomic mass is 79.9. The van der Waals surface area contributed by atoms with Crippen LogP contribution in [0.15, 0.2) is 70.2 Å². The lowest BCUT2D eigenvalue weighted by atomic mass is 9.89. The maximum atomic E-state index is 12.7. The van der Waals surface area contributed by atoms with Gasteiger partial charge >= 0.3 is 0 Å². The van der Waals surface area contributed by atoms with Crippen molar-refractivity contribution in [3.8, 4) is 5.88 Å². The summed E-state index contributed by atoms with van der Waals surface area (Å²) < 4.78 is 0.876. The predicted molar refractivity (Wildman–Crippen MR) is 110 cm³/mol. The van der Waals surface area contributed by atoms with Crippen molar-refractivity contribution in [2.24, 2.45) is 0 Å². The van der Waals surface area contributed by atoms with Crippen LogP contribution in [0.3, 0.4) is 0 Å². The lowest BCUT2D eigenvalue weighted by Gasteiger charge is -2.20. The van der Waals surface area contributed by atoms with Gasteiger partial charge in [0.15, 0.2) is 0 Å². The molecule has 6 nitrogen and oxygen atoms in total. The molecule has 1 amide bonds. The molecule has 1 aromatic heterocycles. The smallest absolute Gasteiger partial charge is 0.258 e. The molecule has 2 atom stereocenters. The Bertz CT molecular complexity index is 1000. The summed E-state index contributed by atoms with van der Waals surface area (Å²) in [5.41, 5.74) is 1.33. The van der Waals surface area contributed by atoms with Gasteiger partial charge in [0, 0.05) is 16.8 Å². The van der Waals surface area contributed by atoms with Crippen molar-refractivity contribution in [2.75, 3.05) is 0 Å². The Hall–Kier alpha value is -2.93. The number of benzene rings is 2. The van der Waals surface area contributed by atoms with Gasteiger partial charge in [-0.15, -0.1) is 0 Å². The molecular weight excluding hydrogens is 422 g/mol. The number of hydrogen-bond donors (Lipinski definition) is 3. The summed E-state index contributed by atoms with van der Waals surface area (Å²) in [5.74, 6) is -1.24. The molecule has 0 saturated carbocycles. The molecule has 0 aliphatic carbocycles. The third-order valence-corrected chi connectivity index (χ3v) is 5.08. The Labute approximate surface area is 170 Å². The van der Waals surface area contributed by atoms with Gasteiger partial charge in [-0.3, -0.25) is 9.59 Å². The van der Waals surface area contributed by atoms with Gasteiger partial charge in [0.2, 0.25) is 11.8 Å². The molecule has 1 heterocycles. The number of hydrogen-bond acceptors (Lipinski definition) is 4. The molecule has 0 saturated heterocycles. The van der Waals surface area contributed by atoms with E-state index in [0.29, 0.717) is 0 Å². The number of amides is 1. The number of carbonyl (C=O) groups is 1. The van der Waals surface area contributed by atoms with Crippen molar-refractivity contribution in [3.05, 3.63) is 92.4 Å². The molecule has 0 fully saturated rings. The minimum absolute atomic E-state index is 0.00113. The predicted octanol–water partition coefficient (Wildman–Crippen LogP) is 3.64. The Morgan fingerprint density at radius 3 is 2.46 bits per heavy atom. The van der Waals surface area contributed by atoms with Gasteiger partial charge in [-0.2, -0.15) is 0 Å². The minimum Gasteiger partial charge on any atom is -0.493 e. The van der Waals surface area contributed by atoms with E-state index in [9.17, 15) is 14.7 Å². The molecule has 3 aromatic rings. The van der Waals surface area contributed by atoms with Crippen LogP contribution in [-0.4, -0.2) is 21.0 Å². The normalized spacial score (nSPS) is 12.9. The summed E-state index contributed by atoms with van der Waals surface area (Å²) in [5, 5.41) is 13.1. The van der Waals surface area contributed by atoms with Gasteiger partial charge < -0.3 is 15.4 Å². The molecule has 0 aliphatic rings. The van der Waals surface area contributed by atoms with E-state index in [1.54, 1.807) is 0 Å². The fourth-order valence-electron chi connectivity index (χ4n) is 3.11. The topological polar surface area (TPSA) is 95.1 Å². The zero-order chi connectivity index (χ0) is 20.1. The second kappa shape index (κ2) is 8.84. The van der Waals surface area contributed by atoms with Crippen LogP contribution in [0.25, 0.3) is 0 Å². The van der Waals surface area contributed by atoms with Crippen LogP contribution in [0, 0.1) is 0 Å². The number of carbonyl (C=O) groups excluding carboxylic acids is 1. The van der Waals surface area contributed by atoms with Crippen molar-refractivity contribution >= 4 is 21.8 Å². The average Bonchev–Trinajstić information content (AvgIpc) is 2.68. The molecule has 0 spiro atoms. The maximum Gasteiger partial charge on any atom is 0.258 e. The van der Waals surface area contributed by atoms with Crippen LogP contribution in [-0.2, 0) is 4.79 Å². The molecule has 2 aromatic carbocycles. The number of rotatable bonds is 6. The molecule has 7 heteroatoms. The molecular formula is C21H20BrN3O3. The number of aromatic nitrogens is 2. The molecule has 144 valence electrons. The quantitative estimate of drug-likeness (QED) is 0.543. The fourth-order valence-corrected chi connectivity index (χ4v) is 3.37. The zero-order valence-corrected chi connectivity index (χ0v) is 16.8. The minimum atomic E-state index is -0.631. The first-order valence-electron chi connectivity index (χ1n) is 8.82. The number of halogens is 1. The lowest BCUT2D eigenvalue weighted by Crippen LogP contribution is -2.29. The highest BCUT2D eigenvalue weighted by Crippen LogP contribution is 2.31. The van der Waals surface area contributed by atoms with Crippen molar-refractivity contribution < 1.29 is 9.90 Å². The van der Waals surface area contributed by atoms with E-state index < -0.39 is 11.5 Å². The van der Waals surface area contributed by atoms with Gasteiger partial charge in [0.05, 0.1) is 17.9 Å². The average molecular weight is 442 g/mol. The van der Waals surface area contributed by atoms with E-state index in [1.165, 1.54) is 0 Å². The van der Waals surface area contributed by atoms with Crippen molar-refractivity contribution in [1.29, 1.82) is 0 Å². The summed E-state index contributed by atoms with van der Waals surface area (Å²) in [6, 6.07) is 16.7. The lowest BCUT2D eigenvalue weighted by molar-refractivity contribution is -0.121. The summed E-state index contributed by atoms with van der Waals surface area (Å²) >= 11 is 3.38. The van der Waals surface area contributed by atoms with Crippen LogP contribution >= 0.6 is 15.9 Å².